The van der Waals surface area contributed by atoms with Crippen LogP contribution in [0.4, 0.5) is 0 Å². The summed E-state index contributed by atoms with van der Waals surface area (Å²) in [6, 6.07) is 13.1. The molecule has 0 aliphatic rings. The smallest absolute Gasteiger partial charge is 0.0151 e. The average Bonchev–Trinajstić information content (AvgIpc) is 2.50. The zero-order chi connectivity index (χ0) is 14.4. The fraction of sp³-hybridized carbons (Fsp3) is 0.368. The third-order valence-corrected chi connectivity index (χ3v) is 4.58. The third kappa shape index (κ3) is 3.46. The Bertz CT molecular complexity index is 583. The third-order valence-electron chi connectivity index (χ3n) is 3.80. The maximum atomic E-state index is 4.37. The molecule has 0 unspecified atom stereocenters. The van der Waals surface area contributed by atoms with E-state index in [9.17, 15) is 0 Å². The molecule has 0 heterocycles. The van der Waals surface area contributed by atoms with Crippen LogP contribution in [0, 0.1) is 0 Å². The summed E-state index contributed by atoms with van der Waals surface area (Å²) >= 11 is 1.82. The van der Waals surface area contributed by atoms with Crippen LogP contribution < -0.4 is 0 Å². The summed E-state index contributed by atoms with van der Waals surface area (Å²) in [6.07, 6.45) is 8.45. The summed E-state index contributed by atoms with van der Waals surface area (Å²) < 4.78 is 0. The molecule has 0 saturated heterocycles. The molecule has 106 valence electrons. The van der Waals surface area contributed by atoms with Crippen molar-refractivity contribution in [1.29, 1.82) is 0 Å². The van der Waals surface area contributed by atoms with E-state index in [-0.39, 0.29) is 0 Å². The van der Waals surface area contributed by atoms with Crippen LogP contribution in [0.15, 0.2) is 47.9 Å². The number of unbranched alkanes of at least 4 members (excludes halogenated alkanes) is 3. The van der Waals surface area contributed by atoms with Crippen LogP contribution in [-0.2, 0) is 0 Å². The molecule has 0 atom stereocenters. The van der Waals surface area contributed by atoms with Crippen LogP contribution in [0.25, 0.3) is 16.3 Å². The number of hydrogen-bond acceptors (Lipinski definition) is 1. The van der Waals surface area contributed by atoms with E-state index in [1.165, 1.54) is 52.5 Å². The van der Waals surface area contributed by atoms with Crippen LogP contribution in [0.2, 0.25) is 0 Å². The largest absolute Gasteiger partial charge is 0.129 e. The van der Waals surface area contributed by atoms with Gasteiger partial charge in [0.1, 0.15) is 0 Å². The van der Waals surface area contributed by atoms with E-state index in [1.807, 2.05) is 11.8 Å². The number of hydrogen-bond donors (Lipinski definition) is 0. The Balaban J connectivity index is 2.28. The minimum Gasteiger partial charge on any atom is -0.129 e. The molecule has 2 aromatic rings. The molecule has 0 spiro atoms. The Morgan fingerprint density at radius 3 is 2.60 bits per heavy atom. The lowest BCUT2D eigenvalue weighted by Crippen LogP contribution is -1.90. The monoisotopic (exact) mass is 284 g/mol. The number of benzene rings is 2. The molecule has 0 N–H and O–H groups in total. The minimum atomic E-state index is 1.11. The van der Waals surface area contributed by atoms with Gasteiger partial charge in [-0.3, -0.25) is 0 Å². The summed E-state index contributed by atoms with van der Waals surface area (Å²) in [4.78, 5) is 1.35. The van der Waals surface area contributed by atoms with Gasteiger partial charge in [0.05, 0.1) is 0 Å². The van der Waals surface area contributed by atoms with Gasteiger partial charge in [-0.05, 0) is 47.1 Å². The topological polar surface area (TPSA) is 0 Å². The molecule has 0 radical (unpaired) electrons. The highest BCUT2D eigenvalue weighted by molar-refractivity contribution is 7.98. The first-order chi connectivity index (χ1) is 9.77. The fourth-order valence-electron chi connectivity index (χ4n) is 2.68. The van der Waals surface area contributed by atoms with E-state index in [1.54, 1.807) is 0 Å². The first-order valence-electron chi connectivity index (χ1n) is 7.51. The van der Waals surface area contributed by atoms with Gasteiger partial charge in [-0.2, -0.15) is 0 Å². The first kappa shape index (κ1) is 15.2. The molecule has 0 nitrogen and oxygen atoms in total. The van der Waals surface area contributed by atoms with Crippen LogP contribution in [0.1, 0.15) is 44.6 Å². The summed E-state index contributed by atoms with van der Waals surface area (Å²) in [5, 5.41) is 2.66. The highest BCUT2D eigenvalue weighted by Gasteiger charge is 2.10. The Labute approximate surface area is 127 Å². The van der Waals surface area contributed by atoms with Gasteiger partial charge >= 0.3 is 0 Å². The quantitative estimate of drug-likeness (QED) is 0.410. The van der Waals surface area contributed by atoms with E-state index < -0.39 is 0 Å². The van der Waals surface area contributed by atoms with Crippen molar-refractivity contribution in [2.45, 2.75) is 43.9 Å². The normalized spacial score (nSPS) is 10.9. The van der Waals surface area contributed by atoms with Gasteiger partial charge in [-0.1, -0.05) is 63.1 Å². The molecule has 0 amide bonds. The van der Waals surface area contributed by atoms with Gasteiger partial charge in [0, 0.05) is 4.90 Å². The molecule has 0 aliphatic carbocycles. The molecule has 1 heteroatoms. The van der Waals surface area contributed by atoms with Crippen LogP contribution in [0.5, 0.6) is 0 Å². The predicted molar refractivity (Wildman–Crippen MR) is 93.5 cm³/mol. The second-order valence-electron chi connectivity index (χ2n) is 5.28. The minimum absolute atomic E-state index is 1.11. The number of rotatable bonds is 7. The Kier molecular flexibility index (Phi) is 5.72. The lowest BCUT2D eigenvalue weighted by Gasteiger charge is -2.14. The number of fused-ring (bicyclic) bond motifs is 1. The highest BCUT2D eigenvalue weighted by Crippen LogP contribution is 2.35. The summed E-state index contributed by atoms with van der Waals surface area (Å²) in [6.45, 7) is 6.62. The lowest BCUT2D eigenvalue weighted by atomic mass is 9.95. The fourth-order valence-corrected chi connectivity index (χ4v) is 3.34. The van der Waals surface area contributed by atoms with Gasteiger partial charge < -0.3 is 0 Å². The van der Waals surface area contributed by atoms with Gasteiger partial charge in [0.2, 0.25) is 0 Å². The van der Waals surface area contributed by atoms with Crippen LogP contribution >= 0.6 is 11.8 Å². The molecule has 2 aromatic carbocycles. The Hall–Kier alpha value is -1.21. The Morgan fingerprint density at radius 2 is 1.85 bits per heavy atom. The van der Waals surface area contributed by atoms with E-state index >= 15 is 0 Å². The van der Waals surface area contributed by atoms with Crippen molar-refractivity contribution < 1.29 is 0 Å². The summed E-state index contributed by atoms with van der Waals surface area (Å²) in [7, 11) is 0. The standard InChI is InChI=1S/C19H24S/c1-4-5-6-7-10-15(2)19-17-12-9-8-11-16(17)13-14-18(19)20-3/h8-9,11-14H,2,4-7,10H2,1,3H3. The SMILES string of the molecule is C=C(CCCCCC)c1c(SC)ccc2ccccc12. The Morgan fingerprint density at radius 1 is 1.05 bits per heavy atom. The van der Waals surface area contributed by atoms with Crippen molar-refractivity contribution in [3.05, 3.63) is 48.5 Å². The second kappa shape index (κ2) is 7.54. The molecular formula is C19H24S. The summed E-state index contributed by atoms with van der Waals surface area (Å²) in [5.74, 6) is 0. The molecule has 0 aliphatic heterocycles. The van der Waals surface area contributed by atoms with Crippen molar-refractivity contribution in [2.24, 2.45) is 0 Å². The molecule has 0 fully saturated rings. The molecule has 2 rings (SSSR count). The van der Waals surface area contributed by atoms with Crippen LogP contribution in [0.3, 0.4) is 0 Å². The zero-order valence-corrected chi connectivity index (χ0v) is 13.4. The average molecular weight is 284 g/mol. The van der Waals surface area contributed by atoms with Gasteiger partial charge in [0.25, 0.3) is 0 Å². The van der Waals surface area contributed by atoms with Gasteiger partial charge in [-0.25, -0.2) is 0 Å². The van der Waals surface area contributed by atoms with E-state index in [0.29, 0.717) is 0 Å². The molecule has 0 saturated carbocycles. The van der Waals surface area contributed by atoms with Crippen molar-refractivity contribution >= 4 is 28.1 Å². The first-order valence-corrected chi connectivity index (χ1v) is 8.74. The molecule has 0 bridgehead atoms. The number of allylic oxidation sites excluding steroid dienone is 1. The molecule has 0 aromatic heterocycles. The zero-order valence-electron chi connectivity index (χ0n) is 12.6. The molecule has 20 heavy (non-hydrogen) atoms. The summed E-state index contributed by atoms with van der Waals surface area (Å²) in [5.41, 5.74) is 2.66. The van der Waals surface area contributed by atoms with E-state index in [4.69, 9.17) is 0 Å². The van der Waals surface area contributed by atoms with Gasteiger partial charge in [-0.15, -0.1) is 11.8 Å². The van der Waals surface area contributed by atoms with Crippen molar-refractivity contribution in [3.8, 4) is 0 Å². The number of thioether (sulfide) groups is 1. The maximum absolute atomic E-state index is 4.37. The van der Waals surface area contributed by atoms with E-state index in [0.717, 1.165) is 6.42 Å². The highest BCUT2D eigenvalue weighted by atomic mass is 32.2. The predicted octanol–water partition coefficient (Wildman–Crippen LogP) is 6.55. The lowest BCUT2D eigenvalue weighted by molar-refractivity contribution is 0.679. The van der Waals surface area contributed by atoms with Crippen LogP contribution in [-0.4, -0.2) is 6.26 Å². The van der Waals surface area contributed by atoms with Crippen molar-refractivity contribution in [3.63, 3.8) is 0 Å². The molecular weight excluding hydrogens is 260 g/mol. The van der Waals surface area contributed by atoms with Gasteiger partial charge in [0.15, 0.2) is 0 Å². The van der Waals surface area contributed by atoms with E-state index in [2.05, 4.69) is 56.2 Å². The second-order valence-corrected chi connectivity index (χ2v) is 6.13. The van der Waals surface area contributed by atoms with Crippen molar-refractivity contribution in [1.82, 2.24) is 0 Å². The maximum Gasteiger partial charge on any atom is 0.0151 e. The van der Waals surface area contributed by atoms with Crippen molar-refractivity contribution in [2.75, 3.05) is 6.26 Å².